The van der Waals surface area contributed by atoms with Gasteiger partial charge in [0.25, 0.3) is 0 Å². The Kier molecular flexibility index (Phi) is 8.54. The second kappa shape index (κ2) is 9.32. The van der Waals surface area contributed by atoms with Crippen LogP contribution in [0.5, 0.6) is 0 Å². The van der Waals surface area contributed by atoms with Gasteiger partial charge in [-0.15, -0.1) is 0 Å². The lowest BCUT2D eigenvalue weighted by molar-refractivity contribution is 0.0765. The van der Waals surface area contributed by atoms with E-state index in [9.17, 15) is 0 Å². The predicted octanol–water partition coefficient (Wildman–Crippen LogP) is 3.87. The van der Waals surface area contributed by atoms with Crippen LogP contribution < -0.4 is 5.32 Å². The van der Waals surface area contributed by atoms with Gasteiger partial charge in [-0.25, -0.2) is 0 Å². The molecule has 0 saturated heterocycles. The molecule has 3 heteroatoms. The monoisotopic (exact) mass is 300 g/mol. The Labute approximate surface area is 131 Å². The summed E-state index contributed by atoms with van der Waals surface area (Å²) in [7, 11) is 2.34. The van der Waals surface area contributed by atoms with Gasteiger partial charge in [-0.1, -0.05) is 33.6 Å². The Morgan fingerprint density at radius 2 is 2.15 bits per heavy atom. The van der Waals surface area contributed by atoms with E-state index in [1.54, 1.807) is 0 Å². The maximum Gasteiger partial charge on any atom is 0.0180 e. The summed E-state index contributed by atoms with van der Waals surface area (Å²) in [6.07, 6.45) is 9.15. The summed E-state index contributed by atoms with van der Waals surface area (Å²) in [5.41, 5.74) is 0.508. The lowest BCUT2D eigenvalue weighted by Gasteiger charge is -2.44. The zero-order valence-corrected chi connectivity index (χ0v) is 15.2. The van der Waals surface area contributed by atoms with Crippen LogP contribution in [0.3, 0.4) is 0 Å². The van der Waals surface area contributed by atoms with Crippen molar-refractivity contribution < 1.29 is 0 Å². The van der Waals surface area contributed by atoms with Gasteiger partial charge in [0, 0.05) is 24.9 Å². The van der Waals surface area contributed by atoms with E-state index in [2.05, 4.69) is 44.3 Å². The quantitative estimate of drug-likeness (QED) is 0.696. The van der Waals surface area contributed by atoms with E-state index >= 15 is 0 Å². The molecule has 0 radical (unpaired) electrons. The van der Waals surface area contributed by atoms with Crippen LogP contribution in [0.2, 0.25) is 0 Å². The van der Waals surface area contributed by atoms with Crippen LogP contribution in [0.1, 0.15) is 52.9 Å². The zero-order valence-electron chi connectivity index (χ0n) is 14.4. The van der Waals surface area contributed by atoms with Gasteiger partial charge < -0.3 is 10.2 Å². The van der Waals surface area contributed by atoms with Gasteiger partial charge in [0.1, 0.15) is 0 Å². The third kappa shape index (κ3) is 5.57. The molecule has 20 heavy (non-hydrogen) atoms. The number of hydrogen-bond acceptors (Lipinski definition) is 3. The van der Waals surface area contributed by atoms with E-state index in [-0.39, 0.29) is 0 Å². The lowest BCUT2D eigenvalue weighted by Crippen LogP contribution is -2.48. The fourth-order valence-corrected chi connectivity index (χ4v) is 4.80. The van der Waals surface area contributed by atoms with Gasteiger partial charge in [-0.2, -0.15) is 11.8 Å². The van der Waals surface area contributed by atoms with Crippen molar-refractivity contribution in [1.29, 1.82) is 0 Å². The Balaban J connectivity index is 2.67. The molecule has 1 aliphatic carbocycles. The molecule has 1 aliphatic rings. The van der Waals surface area contributed by atoms with Crippen LogP contribution in [0.25, 0.3) is 0 Å². The second-order valence-electron chi connectivity index (χ2n) is 6.91. The summed E-state index contributed by atoms with van der Waals surface area (Å²) in [5, 5.41) is 3.64. The smallest absolute Gasteiger partial charge is 0.0180 e. The molecule has 120 valence electrons. The first-order valence-electron chi connectivity index (χ1n) is 8.46. The molecule has 0 spiro atoms. The fourth-order valence-electron chi connectivity index (χ4n) is 3.93. The number of nitrogens with zero attached hydrogens (tertiary/aromatic N) is 1. The highest BCUT2D eigenvalue weighted by Gasteiger charge is 2.36. The molecule has 0 bridgehead atoms. The standard InChI is InChI=1S/C17H36N2S/c1-6-16(12-20-5)19(4)14-17(13-18-7-2)10-8-9-15(3)11-17/h15-16,18H,6-14H2,1-5H3. The average molecular weight is 301 g/mol. The average Bonchev–Trinajstić information content (AvgIpc) is 2.42. The fraction of sp³-hybridized carbons (Fsp3) is 1.00. The van der Waals surface area contributed by atoms with Gasteiger partial charge in [0.05, 0.1) is 0 Å². The Morgan fingerprint density at radius 3 is 2.70 bits per heavy atom. The lowest BCUT2D eigenvalue weighted by atomic mass is 9.69. The molecular formula is C17H36N2S. The molecule has 1 saturated carbocycles. The summed E-state index contributed by atoms with van der Waals surface area (Å²) in [5.74, 6) is 2.16. The van der Waals surface area contributed by atoms with Gasteiger partial charge in [-0.3, -0.25) is 0 Å². The molecule has 1 fully saturated rings. The summed E-state index contributed by atoms with van der Waals surface area (Å²) >= 11 is 1.98. The molecule has 3 atom stereocenters. The van der Waals surface area contributed by atoms with Gasteiger partial charge >= 0.3 is 0 Å². The van der Waals surface area contributed by atoms with Crippen molar-refractivity contribution in [2.75, 3.05) is 38.7 Å². The summed E-state index contributed by atoms with van der Waals surface area (Å²) in [6.45, 7) is 10.6. The molecule has 0 aromatic rings. The zero-order chi connectivity index (χ0) is 15.0. The van der Waals surface area contributed by atoms with Crippen molar-refractivity contribution in [2.45, 2.75) is 58.9 Å². The van der Waals surface area contributed by atoms with Crippen molar-refractivity contribution in [3.05, 3.63) is 0 Å². The van der Waals surface area contributed by atoms with E-state index in [0.29, 0.717) is 5.41 Å². The van der Waals surface area contributed by atoms with Crippen molar-refractivity contribution in [2.24, 2.45) is 11.3 Å². The highest BCUT2D eigenvalue weighted by molar-refractivity contribution is 7.98. The van der Waals surface area contributed by atoms with Gasteiger partial charge in [-0.05, 0) is 50.4 Å². The molecular weight excluding hydrogens is 264 g/mol. The minimum Gasteiger partial charge on any atom is -0.316 e. The number of hydrogen-bond donors (Lipinski definition) is 1. The molecule has 0 aromatic heterocycles. The normalized spacial score (nSPS) is 28.8. The van der Waals surface area contributed by atoms with Crippen molar-refractivity contribution in [3.8, 4) is 0 Å². The number of rotatable bonds is 9. The molecule has 0 heterocycles. The summed E-state index contributed by atoms with van der Waals surface area (Å²) < 4.78 is 0. The molecule has 1 rings (SSSR count). The molecule has 2 nitrogen and oxygen atoms in total. The molecule has 0 aromatic carbocycles. The molecule has 0 amide bonds. The molecule has 3 unspecified atom stereocenters. The first kappa shape index (κ1) is 18.3. The van der Waals surface area contributed by atoms with E-state index in [1.165, 1.54) is 50.9 Å². The van der Waals surface area contributed by atoms with E-state index in [4.69, 9.17) is 0 Å². The van der Waals surface area contributed by atoms with Crippen molar-refractivity contribution in [3.63, 3.8) is 0 Å². The van der Waals surface area contributed by atoms with Crippen LogP contribution in [0.15, 0.2) is 0 Å². The third-order valence-corrected chi connectivity index (χ3v) is 5.69. The topological polar surface area (TPSA) is 15.3 Å². The van der Waals surface area contributed by atoms with E-state index in [1.807, 2.05) is 11.8 Å². The van der Waals surface area contributed by atoms with E-state index < -0.39 is 0 Å². The largest absolute Gasteiger partial charge is 0.316 e. The van der Waals surface area contributed by atoms with Crippen LogP contribution in [-0.2, 0) is 0 Å². The molecule has 0 aliphatic heterocycles. The Hall–Kier alpha value is 0.270. The number of thioether (sulfide) groups is 1. The first-order valence-corrected chi connectivity index (χ1v) is 9.86. The molecule has 1 N–H and O–H groups in total. The third-order valence-electron chi connectivity index (χ3n) is 4.97. The van der Waals surface area contributed by atoms with Crippen molar-refractivity contribution in [1.82, 2.24) is 10.2 Å². The minimum absolute atomic E-state index is 0.508. The SMILES string of the molecule is CCNCC1(CN(C)C(CC)CSC)CCCC(C)C1. The highest BCUT2D eigenvalue weighted by atomic mass is 32.2. The van der Waals surface area contributed by atoms with E-state index in [0.717, 1.165) is 18.5 Å². The van der Waals surface area contributed by atoms with Gasteiger partial charge in [0.2, 0.25) is 0 Å². The van der Waals surface area contributed by atoms with Crippen molar-refractivity contribution >= 4 is 11.8 Å². The minimum atomic E-state index is 0.508. The van der Waals surface area contributed by atoms with Crippen LogP contribution >= 0.6 is 11.8 Å². The maximum absolute atomic E-state index is 3.64. The summed E-state index contributed by atoms with van der Waals surface area (Å²) in [6, 6.07) is 0.737. The van der Waals surface area contributed by atoms with Crippen LogP contribution in [-0.4, -0.2) is 49.6 Å². The predicted molar refractivity (Wildman–Crippen MR) is 93.7 cm³/mol. The highest BCUT2D eigenvalue weighted by Crippen LogP contribution is 2.40. The first-order chi connectivity index (χ1) is 9.56. The maximum atomic E-state index is 3.64. The van der Waals surface area contributed by atoms with Crippen LogP contribution in [0, 0.1) is 11.3 Å². The summed E-state index contributed by atoms with van der Waals surface area (Å²) in [4.78, 5) is 2.64. The number of nitrogens with one attached hydrogen (secondary N) is 1. The second-order valence-corrected chi connectivity index (χ2v) is 7.83. The Morgan fingerprint density at radius 1 is 1.40 bits per heavy atom. The van der Waals surface area contributed by atoms with Crippen LogP contribution in [0.4, 0.5) is 0 Å². The Bertz CT molecular complexity index is 259. The van der Waals surface area contributed by atoms with Gasteiger partial charge in [0.15, 0.2) is 0 Å².